The Kier molecular flexibility index (Phi) is 4.86. The lowest BCUT2D eigenvalue weighted by Gasteiger charge is -2.20. The van der Waals surface area contributed by atoms with E-state index in [0.29, 0.717) is 11.4 Å². The van der Waals surface area contributed by atoms with E-state index in [1.165, 1.54) is 13.0 Å². The second-order valence-corrected chi connectivity index (χ2v) is 8.39. The molecule has 0 saturated carbocycles. The maximum atomic E-state index is 12.6. The molecule has 0 radical (unpaired) electrons. The Morgan fingerprint density at radius 3 is 2.72 bits per heavy atom. The molecule has 1 unspecified atom stereocenters. The summed E-state index contributed by atoms with van der Waals surface area (Å²) in [5, 5.41) is 0.563. The number of halogens is 1. The first kappa shape index (κ1) is 17.9. The van der Waals surface area contributed by atoms with Crippen molar-refractivity contribution in [2.45, 2.75) is 37.8 Å². The van der Waals surface area contributed by atoms with E-state index in [1.807, 2.05) is 13.0 Å². The first-order valence-electron chi connectivity index (χ1n) is 7.95. The lowest BCUT2D eigenvalue weighted by Crippen LogP contribution is -2.33. The van der Waals surface area contributed by atoms with Gasteiger partial charge in [0.25, 0.3) is 0 Å². The molecule has 0 spiro atoms. The largest absolute Gasteiger partial charge is 0.309 e. The number of hydrogen-bond acceptors (Lipinski definition) is 3. The molecule has 2 aromatic rings. The Hall–Kier alpha value is -1.89. The van der Waals surface area contributed by atoms with E-state index in [2.05, 4.69) is 4.72 Å². The van der Waals surface area contributed by atoms with Crippen LogP contribution in [-0.4, -0.2) is 20.4 Å². The molecule has 1 N–H and O–H groups in total. The molecule has 1 amide bonds. The van der Waals surface area contributed by atoms with Crippen LogP contribution in [0.1, 0.15) is 25.0 Å². The number of amides is 1. The Morgan fingerprint density at radius 1 is 1.28 bits per heavy atom. The maximum absolute atomic E-state index is 12.6. The summed E-state index contributed by atoms with van der Waals surface area (Å²) in [6.07, 6.45) is 0.645. The lowest BCUT2D eigenvalue weighted by molar-refractivity contribution is -0.116. The number of rotatable bonds is 4. The number of hydrogen-bond donors (Lipinski definition) is 1. The summed E-state index contributed by atoms with van der Waals surface area (Å²) in [5.41, 5.74) is 2.44. The molecule has 3 rings (SSSR count). The smallest absolute Gasteiger partial charge is 0.240 e. The quantitative estimate of drug-likeness (QED) is 0.888. The van der Waals surface area contributed by atoms with Crippen molar-refractivity contribution in [3.05, 3.63) is 58.6 Å². The molecule has 5 nitrogen and oxygen atoms in total. The molecule has 2 aromatic carbocycles. The second kappa shape index (κ2) is 6.78. The second-order valence-electron chi connectivity index (χ2n) is 6.19. The third-order valence-corrected chi connectivity index (χ3v) is 5.91. The van der Waals surface area contributed by atoms with Gasteiger partial charge in [0.1, 0.15) is 0 Å². The minimum atomic E-state index is -3.64. The van der Waals surface area contributed by atoms with Crippen LogP contribution < -0.4 is 9.62 Å². The van der Waals surface area contributed by atoms with E-state index in [9.17, 15) is 13.2 Å². The van der Waals surface area contributed by atoms with Gasteiger partial charge in [0.05, 0.1) is 4.90 Å². The molecule has 0 bridgehead atoms. The van der Waals surface area contributed by atoms with Gasteiger partial charge in [0.15, 0.2) is 0 Å². The highest BCUT2D eigenvalue weighted by Gasteiger charge is 2.30. The highest BCUT2D eigenvalue weighted by atomic mass is 35.5. The summed E-state index contributed by atoms with van der Waals surface area (Å²) >= 11 is 5.92. The van der Waals surface area contributed by atoms with Crippen LogP contribution in [0.4, 0.5) is 5.69 Å². The molecule has 0 aliphatic carbocycles. The van der Waals surface area contributed by atoms with Crippen molar-refractivity contribution >= 4 is 33.2 Å². The molecular weight excluding hydrogens is 360 g/mol. The SMILES string of the molecule is CC(=O)N1c2ccc(S(=O)(=O)NCc3cccc(Cl)c3)cc2CC1C. The Labute approximate surface area is 152 Å². The van der Waals surface area contributed by atoms with Crippen molar-refractivity contribution in [3.8, 4) is 0 Å². The summed E-state index contributed by atoms with van der Waals surface area (Å²) in [6, 6.07) is 12.0. The summed E-state index contributed by atoms with van der Waals surface area (Å²) < 4.78 is 27.7. The van der Waals surface area contributed by atoms with Crippen LogP contribution in [0.2, 0.25) is 5.02 Å². The zero-order chi connectivity index (χ0) is 18.2. The van der Waals surface area contributed by atoms with Crippen LogP contribution >= 0.6 is 11.6 Å². The number of anilines is 1. The lowest BCUT2D eigenvalue weighted by atomic mass is 10.1. The van der Waals surface area contributed by atoms with E-state index >= 15 is 0 Å². The van der Waals surface area contributed by atoms with Crippen molar-refractivity contribution in [1.82, 2.24) is 4.72 Å². The van der Waals surface area contributed by atoms with Crippen molar-refractivity contribution < 1.29 is 13.2 Å². The van der Waals surface area contributed by atoms with Crippen LogP contribution in [0, 0.1) is 0 Å². The van der Waals surface area contributed by atoms with Gasteiger partial charge >= 0.3 is 0 Å². The van der Waals surface area contributed by atoms with E-state index in [4.69, 9.17) is 11.6 Å². The number of carbonyl (C=O) groups is 1. The highest BCUT2D eigenvalue weighted by molar-refractivity contribution is 7.89. The molecule has 25 heavy (non-hydrogen) atoms. The van der Waals surface area contributed by atoms with Crippen molar-refractivity contribution in [2.75, 3.05) is 4.90 Å². The van der Waals surface area contributed by atoms with Crippen LogP contribution in [0.25, 0.3) is 0 Å². The van der Waals surface area contributed by atoms with E-state index in [0.717, 1.165) is 16.8 Å². The van der Waals surface area contributed by atoms with Gasteiger partial charge in [-0.15, -0.1) is 0 Å². The highest BCUT2D eigenvalue weighted by Crippen LogP contribution is 2.33. The molecule has 1 heterocycles. The Balaban J connectivity index is 1.82. The first-order chi connectivity index (χ1) is 11.8. The zero-order valence-electron chi connectivity index (χ0n) is 14.0. The monoisotopic (exact) mass is 378 g/mol. The predicted octanol–water partition coefficient (Wildman–Crippen LogP) is 3.12. The van der Waals surface area contributed by atoms with Crippen molar-refractivity contribution in [1.29, 1.82) is 0 Å². The topological polar surface area (TPSA) is 66.5 Å². The van der Waals surface area contributed by atoms with E-state index < -0.39 is 10.0 Å². The van der Waals surface area contributed by atoms with Gasteiger partial charge in [-0.05, 0) is 54.8 Å². The number of fused-ring (bicyclic) bond motifs is 1. The van der Waals surface area contributed by atoms with Gasteiger partial charge in [-0.2, -0.15) is 0 Å². The molecular formula is C18H19ClN2O3S. The van der Waals surface area contributed by atoms with Gasteiger partial charge in [0, 0.05) is 30.2 Å². The van der Waals surface area contributed by atoms with Crippen LogP contribution in [0.15, 0.2) is 47.4 Å². The van der Waals surface area contributed by atoms with Gasteiger partial charge in [-0.25, -0.2) is 13.1 Å². The number of nitrogens with one attached hydrogen (secondary N) is 1. The summed E-state index contributed by atoms with van der Waals surface area (Å²) in [6.45, 7) is 3.63. The Morgan fingerprint density at radius 2 is 2.04 bits per heavy atom. The third kappa shape index (κ3) is 3.71. The van der Waals surface area contributed by atoms with Gasteiger partial charge < -0.3 is 4.90 Å². The summed E-state index contributed by atoms with van der Waals surface area (Å²) in [5.74, 6) is -0.0408. The van der Waals surface area contributed by atoms with Crippen molar-refractivity contribution in [2.24, 2.45) is 0 Å². The zero-order valence-corrected chi connectivity index (χ0v) is 15.6. The average Bonchev–Trinajstić information content (AvgIpc) is 2.88. The molecule has 0 fully saturated rings. The number of benzene rings is 2. The third-order valence-electron chi connectivity index (χ3n) is 4.27. The molecule has 132 valence electrons. The molecule has 1 aliphatic rings. The number of sulfonamides is 1. The van der Waals surface area contributed by atoms with Gasteiger partial charge in [-0.3, -0.25) is 4.79 Å². The van der Waals surface area contributed by atoms with Crippen LogP contribution in [-0.2, 0) is 27.8 Å². The molecule has 0 aromatic heterocycles. The van der Waals surface area contributed by atoms with Crippen LogP contribution in [0.5, 0.6) is 0 Å². The fraction of sp³-hybridized carbons (Fsp3) is 0.278. The number of carbonyl (C=O) groups excluding carboxylic acids is 1. The van der Waals surface area contributed by atoms with E-state index in [-0.39, 0.29) is 23.4 Å². The maximum Gasteiger partial charge on any atom is 0.240 e. The standard InChI is InChI=1S/C18H19ClN2O3S/c1-12-8-15-10-17(6-7-18(15)21(12)13(2)22)25(23,24)20-11-14-4-3-5-16(19)9-14/h3-7,9-10,12,20H,8,11H2,1-2H3. The average molecular weight is 379 g/mol. The van der Waals surface area contributed by atoms with Crippen molar-refractivity contribution in [3.63, 3.8) is 0 Å². The normalized spacial score (nSPS) is 16.8. The fourth-order valence-corrected chi connectivity index (χ4v) is 4.44. The molecule has 1 atom stereocenters. The predicted molar refractivity (Wildman–Crippen MR) is 98.2 cm³/mol. The van der Waals surface area contributed by atoms with E-state index in [1.54, 1.807) is 35.2 Å². The molecule has 1 aliphatic heterocycles. The van der Waals surface area contributed by atoms with Gasteiger partial charge in [-0.1, -0.05) is 23.7 Å². The minimum Gasteiger partial charge on any atom is -0.309 e. The molecule has 0 saturated heterocycles. The minimum absolute atomic E-state index is 0.0323. The number of nitrogens with zero attached hydrogens (tertiary/aromatic N) is 1. The van der Waals surface area contributed by atoms with Crippen LogP contribution in [0.3, 0.4) is 0 Å². The molecule has 7 heteroatoms. The first-order valence-corrected chi connectivity index (χ1v) is 9.81. The fourth-order valence-electron chi connectivity index (χ4n) is 3.16. The summed E-state index contributed by atoms with van der Waals surface area (Å²) in [4.78, 5) is 13.7. The van der Waals surface area contributed by atoms with Gasteiger partial charge in [0.2, 0.25) is 15.9 Å². The summed E-state index contributed by atoms with van der Waals surface area (Å²) in [7, 11) is -3.64. The Bertz CT molecular complexity index is 928.